The molecule has 0 aliphatic carbocycles. The summed E-state index contributed by atoms with van der Waals surface area (Å²) in [6.07, 6.45) is 2.99. The number of aryl methyl sites for hydroxylation is 1. The van der Waals surface area contributed by atoms with Gasteiger partial charge in [-0.15, -0.1) is 0 Å². The molecule has 3 aromatic rings. The number of rotatable bonds is 8. The molecule has 0 unspecified atom stereocenters. The van der Waals surface area contributed by atoms with Gasteiger partial charge < -0.3 is 11.1 Å². The highest BCUT2D eigenvalue weighted by atomic mass is 16.1. The van der Waals surface area contributed by atoms with Crippen LogP contribution in [0.1, 0.15) is 33.5 Å². The minimum Gasteiger partial charge on any atom is -0.383 e. The number of benzene rings is 2. The third-order valence-electron chi connectivity index (χ3n) is 4.53. The summed E-state index contributed by atoms with van der Waals surface area (Å²) in [6.45, 7) is 0.442. The molecule has 0 atom stereocenters. The van der Waals surface area contributed by atoms with Crippen LogP contribution in [0.25, 0.3) is 0 Å². The van der Waals surface area contributed by atoms with E-state index in [1.807, 2.05) is 42.5 Å². The summed E-state index contributed by atoms with van der Waals surface area (Å²) in [5.74, 6) is 0.375. The predicted octanol–water partition coefficient (Wildman–Crippen LogP) is 3.34. The molecule has 0 aliphatic heterocycles. The van der Waals surface area contributed by atoms with Crippen molar-refractivity contribution in [2.45, 2.75) is 25.8 Å². The maximum absolute atomic E-state index is 12.4. The maximum Gasteiger partial charge on any atom is 0.220 e. The van der Waals surface area contributed by atoms with Crippen molar-refractivity contribution in [3.63, 3.8) is 0 Å². The number of hydrogen-bond donors (Lipinski definition) is 2. The number of nitrogens with zero attached hydrogens (tertiary/aromatic N) is 1. The van der Waals surface area contributed by atoms with E-state index >= 15 is 0 Å². The standard InChI is InChI=1S/C23H23N3O2/c24-23-20(7-4-14-25-23)15-21(27)19-11-8-18(9-12-19)16-26-22(28)13-10-17-5-2-1-3-6-17/h1-9,11-12,14H,10,13,15-16H2,(H2,24,25)(H,26,28). The van der Waals surface area contributed by atoms with Gasteiger partial charge >= 0.3 is 0 Å². The summed E-state index contributed by atoms with van der Waals surface area (Å²) in [5, 5.41) is 2.92. The second-order valence-electron chi connectivity index (χ2n) is 6.61. The van der Waals surface area contributed by atoms with Gasteiger partial charge in [-0.05, 0) is 23.6 Å². The van der Waals surface area contributed by atoms with Gasteiger partial charge in [0.2, 0.25) is 5.91 Å². The molecule has 1 heterocycles. The molecule has 3 N–H and O–H groups in total. The SMILES string of the molecule is Nc1ncccc1CC(=O)c1ccc(CNC(=O)CCc2ccccc2)cc1. The normalized spacial score (nSPS) is 10.4. The molecule has 1 aromatic heterocycles. The summed E-state index contributed by atoms with van der Waals surface area (Å²) in [4.78, 5) is 28.4. The first-order chi connectivity index (χ1) is 13.6. The Morgan fingerprint density at radius 3 is 2.36 bits per heavy atom. The van der Waals surface area contributed by atoms with Crippen LogP contribution < -0.4 is 11.1 Å². The van der Waals surface area contributed by atoms with Gasteiger partial charge in [-0.2, -0.15) is 0 Å². The molecule has 2 aromatic carbocycles. The fraction of sp³-hybridized carbons (Fsp3) is 0.174. The second-order valence-corrected chi connectivity index (χ2v) is 6.61. The van der Waals surface area contributed by atoms with Crippen LogP contribution in [0.15, 0.2) is 72.9 Å². The molecule has 0 bridgehead atoms. The first kappa shape index (κ1) is 19.3. The van der Waals surface area contributed by atoms with Crippen molar-refractivity contribution in [2.24, 2.45) is 0 Å². The van der Waals surface area contributed by atoms with Crippen molar-refractivity contribution in [1.29, 1.82) is 0 Å². The number of carbonyl (C=O) groups is 2. The Morgan fingerprint density at radius 1 is 0.893 bits per heavy atom. The van der Waals surface area contributed by atoms with E-state index in [9.17, 15) is 9.59 Å². The molecule has 28 heavy (non-hydrogen) atoms. The fourth-order valence-electron chi connectivity index (χ4n) is 2.88. The average molecular weight is 373 g/mol. The van der Waals surface area contributed by atoms with E-state index in [-0.39, 0.29) is 18.1 Å². The molecule has 0 fully saturated rings. The molecule has 0 aliphatic rings. The number of aromatic nitrogens is 1. The highest BCUT2D eigenvalue weighted by Crippen LogP contribution is 2.13. The van der Waals surface area contributed by atoms with Crippen molar-refractivity contribution in [1.82, 2.24) is 10.3 Å². The Labute approximate surface area is 164 Å². The molecule has 0 radical (unpaired) electrons. The van der Waals surface area contributed by atoms with E-state index < -0.39 is 0 Å². The molecule has 0 spiro atoms. The molecular weight excluding hydrogens is 350 g/mol. The first-order valence-electron chi connectivity index (χ1n) is 9.24. The highest BCUT2D eigenvalue weighted by molar-refractivity contribution is 5.98. The Kier molecular flexibility index (Phi) is 6.52. The van der Waals surface area contributed by atoms with E-state index in [2.05, 4.69) is 10.3 Å². The largest absolute Gasteiger partial charge is 0.383 e. The van der Waals surface area contributed by atoms with Crippen molar-refractivity contribution in [3.05, 3.63) is 95.2 Å². The number of amides is 1. The van der Waals surface area contributed by atoms with E-state index in [1.54, 1.807) is 30.5 Å². The lowest BCUT2D eigenvalue weighted by molar-refractivity contribution is -0.121. The van der Waals surface area contributed by atoms with Crippen LogP contribution in [0.2, 0.25) is 0 Å². The number of pyridine rings is 1. The number of ketones is 1. The van der Waals surface area contributed by atoms with E-state index in [4.69, 9.17) is 5.73 Å². The third-order valence-corrected chi connectivity index (χ3v) is 4.53. The van der Waals surface area contributed by atoms with Crippen molar-refractivity contribution in [2.75, 3.05) is 5.73 Å². The average Bonchev–Trinajstić information content (AvgIpc) is 2.73. The second kappa shape index (κ2) is 9.46. The van der Waals surface area contributed by atoms with Gasteiger partial charge in [0.15, 0.2) is 5.78 Å². The number of anilines is 1. The fourth-order valence-corrected chi connectivity index (χ4v) is 2.88. The molecule has 5 nitrogen and oxygen atoms in total. The zero-order valence-electron chi connectivity index (χ0n) is 15.6. The molecule has 3 rings (SSSR count). The smallest absolute Gasteiger partial charge is 0.220 e. The van der Waals surface area contributed by atoms with E-state index in [1.165, 1.54) is 0 Å². The number of Topliss-reactive ketones (excluding diaryl/α,β-unsaturated/α-hetero) is 1. The number of nitrogen functional groups attached to an aromatic ring is 1. The summed E-state index contributed by atoms with van der Waals surface area (Å²) in [6, 6.07) is 20.8. The number of nitrogens with one attached hydrogen (secondary N) is 1. The predicted molar refractivity (Wildman–Crippen MR) is 110 cm³/mol. The van der Waals surface area contributed by atoms with Crippen LogP contribution in [0, 0.1) is 0 Å². The third kappa shape index (κ3) is 5.51. The van der Waals surface area contributed by atoms with Crippen molar-refractivity contribution < 1.29 is 9.59 Å². The summed E-state index contributed by atoms with van der Waals surface area (Å²) in [5.41, 5.74) is 9.23. The van der Waals surface area contributed by atoms with Crippen LogP contribution in [0.4, 0.5) is 5.82 Å². The lowest BCUT2D eigenvalue weighted by Crippen LogP contribution is -2.23. The van der Waals surface area contributed by atoms with E-state index in [0.717, 1.165) is 23.1 Å². The van der Waals surface area contributed by atoms with Crippen LogP contribution in [0.5, 0.6) is 0 Å². The first-order valence-corrected chi connectivity index (χ1v) is 9.24. The van der Waals surface area contributed by atoms with Crippen LogP contribution in [-0.4, -0.2) is 16.7 Å². The number of nitrogens with two attached hydrogens (primary N) is 1. The van der Waals surface area contributed by atoms with Crippen molar-refractivity contribution >= 4 is 17.5 Å². The van der Waals surface area contributed by atoms with Crippen LogP contribution in [-0.2, 0) is 24.2 Å². The quantitative estimate of drug-likeness (QED) is 0.593. The number of hydrogen-bond acceptors (Lipinski definition) is 4. The van der Waals surface area contributed by atoms with Gasteiger partial charge in [-0.1, -0.05) is 60.7 Å². The number of carbonyl (C=O) groups excluding carboxylic acids is 2. The monoisotopic (exact) mass is 373 g/mol. The molecule has 1 amide bonds. The lowest BCUT2D eigenvalue weighted by Gasteiger charge is -2.07. The Morgan fingerprint density at radius 2 is 1.64 bits per heavy atom. The minimum atomic E-state index is -0.0156. The highest BCUT2D eigenvalue weighted by Gasteiger charge is 2.10. The maximum atomic E-state index is 12.4. The van der Waals surface area contributed by atoms with Gasteiger partial charge in [0.25, 0.3) is 0 Å². The summed E-state index contributed by atoms with van der Waals surface area (Å²) < 4.78 is 0. The lowest BCUT2D eigenvalue weighted by atomic mass is 10.0. The van der Waals surface area contributed by atoms with Gasteiger partial charge in [-0.3, -0.25) is 9.59 Å². The van der Waals surface area contributed by atoms with Gasteiger partial charge in [-0.25, -0.2) is 4.98 Å². The van der Waals surface area contributed by atoms with Crippen molar-refractivity contribution in [3.8, 4) is 0 Å². The van der Waals surface area contributed by atoms with Gasteiger partial charge in [0.05, 0.1) is 0 Å². The topological polar surface area (TPSA) is 85.1 Å². The Hall–Kier alpha value is -3.47. The molecule has 0 saturated carbocycles. The van der Waals surface area contributed by atoms with Crippen LogP contribution >= 0.6 is 0 Å². The molecule has 0 saturated heterocycles. The zero-order chi connectivity index (χ0) is 19.8. The Balaban J connectivity index is 1.48. The van der Waals surface area contributed by atoms with Gasteiger partial charge in [0, 0.05) is 36.7 Å². The Bertz CT molecular complexity index is 938. The molecule has 142 valence electrons. The summed E-state index contributed by atoms with van der Waals surface area (Å²) >= 11 is 0. The minimum absolute atomic E-state index is 0.0102. The molecule has 5 heteroatoms. The van der Waals surface area contributed by atoms with Gasteiger partial charge in [0.1, 0.15) is 5.82 Å². The van der Waals surface area contributed by atoms with E-state index in [0.29, 0.717) is 24.3 Å². The van der Waals surface area contributed by atoms with Crippen LogP contribution in [0.3, 0.4) is 0 Å². The zero-order valence-corrected chi connectivity index (χ0v) is 15.6. The molecular formula is C23H23N3O2. The summed E-state index contributed by atoms with van der Waals surface area (Å²) in [7, 11) is 0.